The summed E-state index contributed by atoms with van der Waals surface area (Å²) in [4.78, 5) is 37.1. The molecule has 0 aromatic heterocycles. The molecule has 170 valence electrons. The molecular weight excluding hydrogens is 444 g/mol. The van der Waals surface area contributed by atoms with Crippen LogP contribution in [0.2, 0.25) is 0 Å². The fraction of sp³-hybridized carbons (Fsp3) is 0.185. The summed E-state index contributed by atoms with van der Waals surface area (Å²) < 4.78 is 0. The lowest BCUT2D eigenvalue weighted by molar-refractivity contribution is -0.124. The summed E-state index contributed by atoms with van der Waals surface area (Å²) in [7, 11) is 0. The lowest BCUT2D eigenvalue weighted by atomic mass is 10.0. The third-order valence-corrected chi connectivity index (χ3v) is 6.72. The van der Waals surface area contributed by atoms with Gasteiger partial charge < -0.3 is 5.32 Å². The van der Waals surface area contributed by atoms with Gasteiger partial charge in [-0.05, 0) is 41.3 Å². The first-order valence-corrected chi connectivity index (χ1v) is 12.2. The van der Waals surface area contributed by atoms with E-state index in [1.807, 2.05) is 78.9 Å². The predicted molar refractivity (Wildman–Crippen MR) is 138 cm³/mol. The van der Waals surface area contributed by atoms with E-state index in [2.05, 4.69) is 19.2 Å². The summed E-state index contributed by atoms with van der Waals surface area (Å²) in [5.41, 5.74) is 4.35. The van der Waals surface area contributed by atoms with Crippen molar-refractivity contribution in [2.75, 3.05) is 11.1 Å². The second-order valence-corrected chi connectivity index (χ2v) is 9.41. The second kappa shape index (κ2) is 9.27. The molecule has 2 aliphatic rings. The van der Waals surface area contributed by atoms with Crippen LogP contribution < -0.4 is 5.32 Å². The molecule has 0 bridgehead atoms. The zero-order valence-electron chi connectivity index (χ0n) is 18.9. The maximum absolute atomic E-state index is 13.4. The molecule has 3 aromatic carbocycles. The average Bonchev–Trinajstić information content (AvgIpc) is 3.21. The number of thioether (sulfide) groups is 1. The second-order valence-electron chi connectivity index (χ2n) is 8.46. The molecule has 3 aromatic rings. The molecule has 0 aliphatic carbocycles. The van der Waals surface area contributed by atoms with Crippen molar-refractivity contribution >= 4 is 46.0 Å². The van der Waals surface area contributed by atoms with Crippen LogP contribution >= 0.6 is 11.8 Å². The lowest BCUT2D eigenvalue weighted by Gasteiger charge is -2.25. The summed E-state index contributed by atoms with van der Waals surface area (Å²) in [5.74, 6) is 0.818. The Kier molecular flexibility index (Phi) is 6.02. The van der Waals surface area contributed by atoms with Crippen LogP contribution in [0.15, 0.2) is 88.8 Å². The van der Waals surface area contributed by atoms with Crippen LogP contribution in [0.4, 0.5) is 11.4 Å². The quantitative estimate of drug-likeness (QED) is 0.536. The van der Waals surface area contributed by atoms with E-state index < -0.39 is 6.04 Å². The molecule has 2 heterocycles. The highest BCUT2D eigenvalue weighted by Gasteiger charge is 2.42. The van der Waals surface area contributed by atoms with E-state index in [4.69, 9.17) is 9.98 Å². The van der Waals surface area contributed by atoms with E-state index in [9.17, 15) is 9.59 Å². The predicted octanol–water partition coefficient (Wildman–Crippen LogP) is 5.51. The standard InChI is InChI=1S/C27H24N4O2S/c1-17(2)18-12-14-20(15-13-18)28-23(32)16-34-27-29-22-11-7-6-10-21(22)25-30-24(26(33)31(25)27)19-8-4-3-5-9-19/h3-15,17,24H,16H2,1-2H3,(H,28,32)/t24-/m1/s1. The normalized spacial score (nSPS) is 16.6. The third kappa shape index (κ3) is 4.26. The maximum atomic E-state index is 13.4. The Morgan fingerprint density at radius 2 is 1.71 bits per heavy atom. The first kappa shape index (κ1) is 22.1. The largest absolute Gasteiger partial charge is 0.325 e. The van der Waals surface area contributed by atoms with Crippen LogP contribution in [0.1, 0.15) is 42.5 Å². The Balaban J connectivity index is 1.35. The number of benzene rings is 3. The zero-order valence-corrected chi connectivity index (χ0v) is 19.8. The zero-order chi connectivity index (χ0) is 23.7. The topological polar surface area (TPSA) is 74.1 Å². The number of para-hydroxylation sites is 1. The highest BCUT2D eigenvalue weighted by molar-refractivity contribution is 8.14. The third-order valence-electron chi connectivity index (χ3n) is 5.78. The number of carbonyl (C=O) groups excluding carboxylic acids is 2. The van der Waals surface area contributed by atoms with Gasteiger partial charge in [-0.25, -0.2) is 14.9 Å². The van der Waals surface area contributed by atoms with Crippen molar-refractivity contribution in [3.8, 4) is 0 Å². The molecule has 34 heavy (non-hydrogen) atoms. The van der Waals surface area contributed by atoms with E-state index in [1.165, 1.54) is 17.3 Å². The van der Waals surface area contributed by atoms with Crippen LogP contribution in [-0.4, -0.2) is 33.5 Å². The summed E-state index contributed by atoms with van der Waals surface area (Å²) in [5, 5.41) is 3.39. The van der Waals surface area contributed by atoms with Gasteiger partial charge in [0.05, 0.1) is 11.4 Å². The number of hydrogen-bond acceptors (Lipinski definition) is 5. The van der Waals surface area contributed by atoms with Crippen LogP contribution in [0.3, 0.4) is 0 Å². The summed E-state index contributed by atoms with van der Waals surface area (Å²) >= 11 is 1.24. The van der Waals surface area contributed by atoms with Gasteiger partial charge in [0, 0.05) is 11.3 Å². The van der Waals surface area contributed by atoms with Crippen molar-refractivity contribution < 1.29 is 9.59 Å². The number of carbonyl (C=O) groups is 2. The van der Waals surface area contributed by atoms with Crippen LogP contribution in [0.5, 0.6) is 0 Å². The molecule has 2 aliphatic heterocycles. The molecule has 5 rings (SSSR count). The van der Waals surface area contributed by atoms with Crippen molar-refractivity contribution in [1.29, 1.82) is 0 Å². The summed E-state index contributed by atoms with van der Waals surface area (Å²) in [6.45, 7) is 4.26. The Labute approximate surface area is 202 Å². The number of nitrogens with zero attached hydrogens (tertiary/aromatic N) is 3. The van der Waals surface area contributed by atoms with Crippen molar-refractivity contribution in [3.05, 3.63) is 95.6 Å². The molecule has 1 N–H and O–H groups in total. The number of amidine groups is 2. The fourth-order valence-corrected chi connectivity index (χ4v) is 4.78. The smallest absolute Gasteiger partial charge is 0.263 e. The lowest BCUT2D eigenvalue weighted by Crippen LogP contribution is -2.40. The van der Waals surface area contributed by atoms with Crippen LogP contribution in [-0.2, 0) is 9.59 Å². The summed E-state index contributed by atoms with van der Waals surface area (Å²) in [6.07, 6.45) is 0. The highest BCUT2D eigenvalue weighted by Crippen LogP contribution is 2.37. The van der Waals surface area contributed by atoms with Crippen LogP contribution in [0.25, 0.3) is 0 Å². The van der Waals surface area contributed by atoms with Gasteiger partial charge in [-0.1, -0.05) is 80.2 Å². The minimum absolute atomic E-state index is 0.125. The first-order chi connectivity index (χ1) is 16.5. The molecular formula is C27H24N4O2S. The average molecular weight is 469 g/mol. The number of hydrogen-bond donors (Lipinski definition) is 1. The van der Waals surface area contributed by atoms with Gasteiger partial charge >= 0.3 is 0 Å². The molecule has 0 radical (unpaired) electrons. The number of rotatable bonds is 5. The molecule has 0 saturated heterocycles. The number of nitrogens with one attached hydrogen (secondary N) is 1. The van der Waals surface area contributed by atoms with Gasteiger partial charge in [0.1, 0.15) is 5.84 Å². The van der Waals surface area contributed by atoms with E-state index in [1.54, 1.807) is 4.90 Å². The van der Waals surface area contributed by atoms with Crippen molar-refractivity contribution in [1.82, 2.24) is 4.90 Å². The maximum Gasteiger partial charge on any atom is 0.263 e. The van der Waals surface area contributed by atoms with E-state index in [0.29, 0.717) is 16.9 Å². The van der Waals surface area contributed by atoms with Gasteiger partial charge in [0.25, 0.3) is 5.91 Å². The van der Waals surface area contributed by atoms with Crippen molar-refractivity contribution in [2.24, 2.45) is 9.98 Å². The molecule has 1 atom stereocenters. The van der Waals surface area contributed by atoms with Crippen molar-refractivity contribution in [3.63, 3.8) is 0 Å². The molecule has 2 amide bonds. The van der Waals surface area contributed by atoms with E-state index >= 15 is 0 Å². The number of anilines is 1. The Morgan fingerprint density at radius 3 is 2.44 bits per heavy atom. The Bertz CT molecular complexity index is 1300. The Hall–Kier alpha value is -3.71. The fourth-order valence-electron chi connectivity index (χ4n) is 3.98. The summed E-state index contributed by atoms with van der Waals surface area (Å²) in [6, 6.07) is 24.4. The Morgan fingerprint density at radius 1 is 1.00 bits per heavy atom. The van der Waals surface area contributed by atoms with Gasteiger partial charge in [0.15, 0.2) is 11.2 Å². The molecule has 0 fully saturated rings. The SMILES string of the molecule is CC(C)c1ccc(NC(=O)CSC2=Nc3ccccc3C3=N[C@H](c4ccccc4)C(=O)N23)cc1. The molecule has 7 heteroatoms. The number of amides is 2. The first-order valence-electron chi connectivity index (χ1n) is 11.2. The van der Waals surface area contributed by atoms with Crippen molar-refractivity contribution in [2.45, 2.75) is 25.8 Å². The highest BCUT2D eigenvalue weighted by atomic mass is 32.2. The van der Waals surface area contributed by atoms with E-state index in [0.717, 1.165) is 22.5 Å². The molecule has 0 spiro atoms. The van der Waals surface area contributed by atoms with Crippen LogP contribution in [0, 0.1) is 0 Å². The monoisotopic (exact) mass is 468 g/mol. The minimum Gasteiger partial charge on any atom is -0.325 e. The van der Waals surface area contributed by atoms with Gasteiger partial charge in [0.2, 0.25) is 5.91 Å². The molecule has 0 saturated carbocycles. The van der Waals surface area contributed by atoms with Gasteiger partial charge in [-0.3, -0.25) is 9.59 Å². The number of aliphatic imine (C=N–C) groups is 2. The number of fused-ring (bicyclic) bond motifs is 3. The van der Waals surface area contributed by atoms with E-state index in [-0.39, 0.29) is 17.6 Å². The van der Waals surface area contributed by atoms with Gasteiger partial charge in [-0.15, -0.1) is 0 Å². The molecule has 0 unspecified atom stereocenters. The van der Waals surface area contributed by atoms with Gasteiger partial charge in [-0.2, -0.15) is 0 Å². The molecule has 6 nitrogen and oxygen atoms in total. The minimum atomic E-state index is -0.624.